The lowest BCUT2D eigenvalue weighted by Gasteiger charge is -2.29. The molecular formula is C20H21FN2O2S. The molecule has 0 aliphatic carbocycles. The van der Waals surface area contributed by atoms with E-state index in [1.807, 2.05) is 16.3 Å². The summed E-state index contributed by atoms with van der Waals surface area (Å²) in [6.07, 6.45) is 2.75. The summed E-state index contributed by atoms with van der Waals surface area (Å²) in [5.74, 6) is -0.273. The lowest BCUT2D eigenvalue weighted by atomic mass is 9.77. The third kappa shape index (κ3) is 3.03. The second-order valence-electron chi connectivity index (χ2n) is 7.09. The van der Waals surface area contributed by atoms with E-state index in [0.717, 1.165) is 18.4 Å². The quantitative estimate of drug-likeness (QED) is 0.877. The molecule has 0 unspecified atom stereocenters. The number of rotatable bonds is 5. The SMILES string of the molecule is O=C1CC[C@H]2C[C@@](C(=O)NCCc3cccs3)(c3ccc(F)cc3)CN12. The molecule has 2 saturated heterocycles. The van der Waals surface area contributed by atoms with Crippen molar-refractivity contribution < 1.29 is 14.0 Å². The largest absolute Gasteiger partial charge is 0.355 e. The molecule has 6 heteroatoms. The lowest BCUT2D eigenvalue weighted by Crippen LogP contribution is -2.47. The third-order valence-corrected chi connectivity index (χ3v) is 6.48. The summed E-state index contributed by atoms with van der Waals surface area (Å²) >= 11 is 1.67. The van der Waals surface area contributed by atoms with Crippen molar-refractivity contribution in [1.82, 2.24) is 10.2 Å². The van der Waals surface area contributed by atoms with Crippen LogP contribution in [0.2, 0.25) is 0 Å². The second-order valence-corrected chi connectivity index (χ2v) is 8.12. The van der Waals surface area contributed by atoms with E-state index in [9.17, 15) is 14.0 Å². The van der Waals surface area contributed by atoms with Crippen molar-refractivity contribution in [3.63, 3.8) is 0 Å². The molecule has 136 valence electrons. The van der Waals surface area contributed by atoms with E-state index < -0.39 is 5.41 Å². The minimum Gasteiger partial charge on any atom is -0.355 e. The highest BCUT2D eigenvalue weighted by molar-refractivity contribution is 7.09. The Balaban J connectivity index is 1.55. The normalized spacial score (nSPS) is 24.7. The highest BCUT2D eigenvalue weighted by Gasteiger charge is 2.53. The third-order valence-electron chi connectivity index (χ3n) is 5.55. The van der Waals surface area contributed by atoms with Gasteiger partial charge >= 0.3 is 0 Å². The van der Waals surface area contributed by atoms with Crippen molar-refractivity contribution >= 4 is 23.2 Å². The number of thiophene rings is 1. The van der Waals surface area contributed by atoms with Crippen LogP contribution in [0.25, 0.3) is 0 Å². The molecule has 3 heterocycles. The molecule has 2 aliphatic heterocycles. The van der Waals surface area contributed by atoms with E-state index >= 15 is 0 Å². The molecule has 0 bridgehead atoms. The summed E-state index contributed by atoms with van der Waals surface area (Å²) in [6, 6.07) is 10.3. The number of fused-ring (bicyclic) bond motifs is 1. The number of halogens is 1. The predicted octanol–water partition coefficient (Wildman–Crippen LogP) is 2.88. The van der Waals surface area contributed by atoms with Crippen molar-refractivity contribution in [3.05, 3.63) is 58.0 Å². The number of benzene rings is 1. The first-order valence-corrected chi connectivity index (χ1v) is 9.83. The number of hydrogen-bond donors (Lipinski definition) is 1. The van der Waals surface area contributed by atoms with Gasteiger partial charge in [0.1, 0.15) is 5.82 Å². The van der Waals surface area contributed by atoms with Crippen molar-refractivity contribution in [1.29, 1.82) is 0 Å². The van der Waals surface area contributed by atoms with Gasteiger partial charge in [-0.25, -0.2) is 4.39 Å². The zero-order valence-corrected chi connectivity index (χ0v) is 15.2. The van der Waals surface area contributed by atoms with Gasteiger partial charge in [-0.2, -0.15) is 0 Å². The number of nitrogens with zero attached hydrogens (tertiary/aromatic N) is 1. The average Bonchev–Trinajstić information content (AvgIpc) is 3.34. The van der Waals surface area contributed by atoms with Crippen LogP contribution in [0.15, 0.2) is 41.8 Å². The van der Waals surface area contributed by atoms with Gasteiger partial charge in [0.05, 0.1) is 5.41 Å². The highest BCUT2D eigenvalue weighted by atomic mass is 32.1. The summed E-state index contributed by atoms with van der Waals surface area (Å²) in [6.45, 7) is 0.938. The average molecular weight is 372 g/mol. The van der Waals surface area contributed by atoms with E-state index in [1.54, 1.807) is 23.5 Å². The van der Waals surface area contributed by atoms with Gasteiger partial charge in [-0.3, -0.25) is 9.59 Å². The van der Waals surface area contributed by atoms with Crippen LogP contribution < -0.4 is 5.32 Å². The van der Waals surface area contributed by atoms with Crippen molar-refractivity contribution in [3.8, 4) is 0 Å². The van der Waals surface area contributed by atoms with Crippen LogP contribution in [0.4, 0.5) is 4.39 Å². The first-order valence-electron chi connectivity index (χ1n) is 8.95. The molecule has 2 fully saturated rings. The smallest absolute Gasteiger partial charge is 0.232 e. The van der Waals surface area contributed by atoms with Crippen molar-refractivity contribution in [2.45, 2.75) is 37.1 Å². The maximum atomic E-state index is 13.4. The fourth-order valence-corrected chi connectivity index (χ4v) is 4.89. The van der Waals surface area contributed by atoms with Crippen LogP contribution in [0.5, 0.6) is 0 Å². The molecule has 2 atom stereocenters. The van der Waals surface area contributed by atoms with E-state index in [-0.39, 0.29) is 23.7 Å². The zero-order valence-electron chi connectivity index (χ0n) is 14.4. The molecule has 0 saturated carbocycles. The predicted molar refractivity (Wildman–Crippen MR) is 98.5 cm³/mol. The van der Waals surface area contributed by atoms with Gasteiger partial charge in [0.15, 0.2) is 0 Å². The molecule has 0 radical (unpaired) electrons. The zero-order chi connectivity index (χ0) is 18.1. The van der Waals surface area contributed by atoms with Crippen molar-refractivity contribution in [2.75, 3.05) is 13.1 Å². The van der Waals surface area contributed by atoms with Gasteiger partial charge in [0.2, 0.25) is 11.8 Å². The fraction of sp³-hybridized carbons (Fsp3) is 0.400. The van der Waals surface area contributed by atoms with Gasteiger partial charge in [-0.1, -0.05) is 18.2 Å². The monoisotopic (exact) mass is 372 g/mol. The second kappa shape index (κ2) is 6.83. The van der Waals surface area contributed by atoms with E-state index in [4.69, 9.17) is 0 Å². The maximum absolute atomic E-state index is 13.4. The minimum atomic E-state index is -0.788. The summed E-state index contributed by atoms with van der Waals surface area (Å²) in [7, 11) is 0. The molecule has 26 heavy (non-hydrogen) atoms. The number of amides is 2. The Labute approximate surface area is 156 Å². The molecule has 2 aliphatic rings. The van der Waals surface area contributed by atoms with Crippen LogP contribution >= 0.6 is 11.3 Å². The van der Waals surface area contributed by atoms with Crippen LogP contribution in [-0.4, -0.2) is 35.8 Å². The summed E-state index contributed by atoms with van der Waals surface area (Å²) < 4.78 is 13.4. The lowest BCUT2D eigenvalue weighted by molar-refractivity contribution is -0.129. The molecule has 4 nitrogen and oxygen atoms in total. The summed E-state index contributed by atoms with van der Waals surface area (Å²) in [4.78, 5) is 28.4. The van der Waals surface area contributed by atoms with Gasteiger partial charge in [0, 0.05) is 30.4 Å². The van der Waals surface area contributed by atoms with Crippen LogP contribution in [0.3, 0.4) is 0 Å². The maximum Gasteiger partial charge on any atom is 0.232 e. The summed E-state index contributed by atoms with van der Waals surface area (Å²) in [5, 5.41) is 5.08. The Morgan fingerprint density at radius 2 is 2.12 bits per heavy atom. The first-order chi connectivity index (χ1) is 12.6. The molecular weight excluding hydrogens is 351 g/mol. The molecule has 1 aromatic carbocycles. The van der Waals surface area contributed by atoms with E-state index in [0.29, 0.717) is 25.9 Å². The van der Waals surface area contributed by atoms with E-state index in [1.165, 1.54) is 17.0 Å². The van der Waals surface area contributed by atoms with E-state index in [2.05, 4.69) is 11.4 Å². The van der Waals surface area contributed by atoms with Gasteiger partial charge < -0.3 is 10.2 Å². The Morgan fingerprint density at radius 3 is 2.81 bits per heavy atom. The molecule has 4 rings (SSSR count). The standard InChI is InChI=1S/C20H21FN2O2S/c21-15-5-3-14(4-6-15)20(12-16-7-8-18(24)23(16)13-20)19(25)22-10-9-17-2-1-11-26-17/h1-6,11,16H,7-10,12-13H2,(H,22,25)/t16-,20-/m0/s1. The molecule has 0 spiro atoms. The molecule has 1 N–H and O–H groups in total. The van der Waals surface area contributed by atoms with Gasteiger partial charge in [-0.05, 0) is 48.4 Å². The number of nitrogens with one attached hydrogen (secondary N) is 1. The Kier molecular flexibility index (Phi) is 4.53. The topological polar surface area (TPSA) is 49.4 Å². The first kappa shape index (κ1) is 17.2. The Morgan fingerprint density at radius 1 is 1.31 bits per heavy atom. The number of carbonyl (C=O) groups excluding carboxylic acids is 2. The van der Waals surface area contributed by atoms with Crippen LogP contribution in [-0.2, 0) is 21.4 Å². The Hall–Kier alpha value is -2.21. The minimum absolute atomic E-state index is 0.0668. The molecule has 1 aromatic heterocycles. The van der Waals surface area contributed by atoms with Crippen molar-refractivity contribution in [2.24, 2.45) is 0 Å². The molecule has 2 aromatic rings. The highest BCUT2D eigenvalue weighted by Crippen LogP contribution is 2.43. The summed E-state index contributed by atoms with van der Waals surface area (Å²) in [5.41, 5.74) is -0.00102. The molecule has 2 amide bonds. The van der Waals surface area contributed by atoms with Crippen LogP contribution in [0.1, 0.15) is 29.7 Å². The number of hydrogen-bond acceptors (Lipinski definition) is 3. The number of carbonyl (C=O) groups is 2. The van der Waals surface area contributed by atoms with Gasteiger partial charge in [0.25, 0.3) is 0 Å². The van der Waals surface area contributed by atoms with Gasteiger partial charge in [-0.15, -0.1) is 11.3 Å². The Bertz CT molecular complexity index is 806. The fourth-order valence-electron chi connectivity index (χ4n) is 4.18. The van der Waals surface area contributed by atoms with Crippen LogP contribution in [0, 0.1) is 5.82 Å².